The van der Waals surface area contributed by atoms with E-state index in [1.54, 1.807) is 23.7 Å². The Morgan fingerprint density at radius 3 is 2.66 bits per heavy atom. The van der Waals surface area contributed by atoms with E-state index in [9.17, 15) is 4.79 Å². The van der Waals surface area contributed by atoms with Crippen LogP contribution in [0.5, 0.6) is 5.75 Å². The summed E-state index contributed by atoms with van der Waals surface area (Å²) in [6, 6.07) is 17.8. The van der Waals surface area contributed by atoms with Gasteiger partial charge in [0.25, 0.3) is 5.91 Å². The van der Waals surface area contributed by atoms with E-state index in [0.29, 0.717) is 6.61 Å². The highest BCUT2D eigenvalue weighted by Crippen LogP contribution is 2.22. The largest absolute Gasteiger partial charge is 0.489 e. The molecule has 0 saturated heterocycles. The third kappa shape index (κ3) is 5.08. The lowest BCUT2D eigenvalue weighted by Crippen LogP contribution is -2.27. The number of pyridine rings is 1. The van der Waals surface area contributed by atoms with Crippen molar-refractivity contribution in [3.05, 3.63) is 105 Å². The Hall–Kier alpha value is -3.38. The van der Waals surface area contributed by atoms with Crippen LogP contribution in [0.1, 0.15) is 50.7 Å². The first kappa shape index (κ1) is 21.8. The smallest absolute Gasteiger partial charge is 0.253 e. The molecule has 32 heavy (non-hydrogen) atoms. The molecule has 0 fully saturated rings. The lowest BCUT2D eigenvalue weighted by atomic mass is 10.1. The van der Waals surface area contributed by atoms with Crippen LogP contribution in [0, 0.1) is 13.8 Å². The Morgan fingerprint density at radius 2 is 1.97 bits per heavy atom. The van der Waals surface area contributed by atoms with Crippen LogP contribution < -0.4 is 10.1 Å². The van der Waals surface area contributed by atoms with Crippen LogP contribution in [-0.4, -0.2) is 15.5 Å². The molecule has 0 aliphatic rings. The second-order valence-electron chi connectivity index (χ2n) is 7.86. The SMILES string of the molecule is Cc1cc(C(=O)NC(C)c2ccc(OCc3cccnc3)cc2)c(C)n1Cc1cccs1. The van der Waals surface area contributed by atoms with Crippen LogP contribution in [0.15, 0.2) is 72.4 Å². The maximum Gasteiger partial charge on any atom is 0.253 e. The summed E-state index contributed by atoms with van der Waals surface area (Å²) >= 11 is 1.73. The summed E-state index contributed by atoms with van der Waals surface area (Å²) in [7, 11) is 0. The van der Waals surface area contributed by atoms with Gasteiger partial charge >= 0.3 is 0 Å². The number of nitrogens with one attached hydrogen (secondary N) is 1. The van der Waals surface area contributed by atoms with Crippen molar-refractivity contribution >= 4 is 17.2 Å². The Bertz CT molecular complexity index is 1170. The number of rotatable bonds is 8. The maximum absolute atomic E-state index is 13.0. The van der Waals surface area contributed by atoms with Gasteiger partial charge in [0.05, 0.1) is 18.2 Å². The van der Waals surface area contributed by atoms with Crippen LogP contribution >= 0.6 is 11.3 Å². The highest BCUT2D eigenvalue weighted by atomic mass is 32.1. The molecule has 0 aliphatic heterocycles. The molecule has 164 valence electrons. The van der Waals surface area contributed by atoms with Crippen molar-refractivity contribution in [2.24, 2.45) is 0 Å². The molecule has 0 radical (unpaired) electrons. The third-order valence-electron chi connectivity index (χ3n) is 5.57. The average Bonchev–Trinajstić information content (AvgIpc) is 3.42. The molecule has 3 heterocycles. The zero-order chi connectivity index (χ0) is 22.5. The first-order valence-corrected chi connectivity index (χ1v) is 11.5. The number of ether oxygens (including phenoxy) is 1. The number of amides is 1. The van der Waals surface area contributed by atoms with Crippen LogP contribution in [0.4, 0.5) is 0 Å². The van der Waals surface area contributed by atoms with E-state index in [1.807, 2.05) is 63.2 Å². The first-order chi connectivity index (χ1) is 15.5. The fourth-order valence-electron chi connectivity index (χ4n) is 3.69. The summed E-state index contributed by atoms with van der Waals surface area (Å²) < 4.78 is 8.02. The lowest BCUT2D eigenvalue weighted by Gasteiger charge is -2.15. The minimum Gasteiger partial charge on any atom is -0.489 e. The topological polar surface area (TPSA) is 56.1 Å². The second-order valence-corrected chi connectivity index (χ2v) is 8.90. The molecule has 6 heteroatoms. The normalized spacial score (nSPS) is 11.8. The zero-order valence-corrected chi connectivity index (χ0v) is 19.4. The van der Waals surface area contributed by atoms with E-state index in [4.69, 9.17) is 4.74 Å². The van der Waals surface area contributed by atoms with Crippen molar-refractivity contribution < 1.29 is 9.53 Å². The number of aromatic nitrogens is 2. The molecule has 1 unspecified atom stereocenters. The summed E-state index contributed by atoms with van der Waals surface area (Å²) in [5.41, 5.74) is 4.85. The number of aryl methyl sites for hydroxylation is 1. The van der Waals surface area contributed by atoms with Gasteiger partial charge in [-0.05, 0) is 62.0 Å². The van der Waals surface area contributed by atoms with E-state index >= 15 is 0 Å². The third-order valence-corrected chi connectivity index (χ3v) is 6.43. The molecular formula is C26H27N3O2S. The van der Waals surface area contributed by atoms with Gasteiger partial charge in [0.15, 0.2) is 0 Å². The van der Waals surface area contributed by atoms with Crippen molar-refractivity contribution in [2.45, 2.75) is 40.0 Å². The number of nitrogens with zero attached hydrogens (tertiary/aromatic N) is 2. The molecule has 4 aromatic rings. The maximum atomic E-state index is 13.0. The number of thiophene rings is 1. The van der Waals surface area contributed by atoms with Gasteiger partial charge in [0, 0.05) is 34.2 Å². The molecule has 0 saturated carbocycles. The lowest BCUT2D eigenvalue weighted by molar-refractivity contribution is 0.0939. The van der Waals surface area contributed by atoms with E-state index < -0.39 is 0 Å². The Balaban J connectivity index is 1.38. The van der Waals surface area contributed by atoms with Gasteiger partial charge in [0.1, 0.15) is 12.4 Å². The van der Waals surface area contributed by atoms with Gasteiger partial charge in [-0.1, -0.05) is 24.3 Å². The predicted molar refractivity (Wildman–Crippen MR) is 128 cm³/mol. The van der Waals surface area contributed by atoms with Crippen molar-refractivity contribution in [1.82, 2.24) is 14.9 Å². The van der Waals surface area contributed by atoms with Crippen molar-refractivity contribution in [3.8, 4) is 5.75 Å². The standard InChI is InChI=1S/C26H27N3O2S/c1-18-14-25(20(3)29(18)16-24-7-5-13-32-24)26(30)28-19(2)22-8-10-23(11-9-22)31-17-21-6-4-12-27-15-21/h4-15,19H,16-17H2,1-3H3,(H,28,30). The predicted octanol–water partition coefficient (Wildman–Crippen LogP) is 5.68. The van der Waals surface area contributed by atoms with Crippen molar-refractivity contribution in [2.75, 3.05) is 0 Å². The Morgan fingerprint density at radius 1 is 1.16 bits per heavy atom. The van der Waals surface area contributed by atoms with Crippen molar-refractivity contribution in [1.29, 1.82) is 0 Å². The molecule has 1 N–H and O–H groups in total. The van der Waals surface area contributed by atoms with E-state index in [-0.39, 0.29) is 11.9 Å². The first-order valence-electron chi connectivity index (χ1n) is 10.6. The second kappa shape index (κ2) is 9.83. The molecule has 4 rings (SSSR count). The number of hydrogen-bond acceptors (Lipinski definition) is 4. The zero-order valence-electron chi connectivity index (χ0n) is 18.5. The highest BCUT2D eigenvalue weighted by molar-refractivity contribution is 7.09. The minimum absolute atomic E-state index is 0.0556. The summed E-state index contributed by atoms with van der Waals surface area (Å²) in [6.07, 6.45) is 3.54. The molecule has 1 aromatic carbocycles. The number of carbonyl (C=O) groups is 1. The monoisotopic (exact) mass is 445 g/mol. The Kier molecular flexibility index (Phi) is 6.71. The molecule has 5 nitrogen and oxygen atoms in total. The quantitative estimate of drug-likeness (QED) is 0.380. The summed E-state index contributed by atoms with van der Waals surface area (Å²) in [4.78, 5) is 18.4. The fraction of sp³-hybridized carbons (Fsp3) is 0.231. The molecule has 1 amide bonds. The molecule has 0 spiro atoms. The van der Waals surface area contributed by atoms with Crippen LogP contribution in [-0.2, 0) is 13.2 Å². The van der Waals surface area contributed by atoms with E-state index in [0.717, 1.165) is 40.4 Å². The fourth-order valence-corrected chi connectivity index (χ4v) is 4.39. The van der Waals surface area contributed by atoms with E-state index in [1.165, 1.54) is 4.88 Å². The van der Waals surface area contributed by atoms with Crippen LogP contribution in [0.2, 0.25) is 0 Å². The van der Waals surface area contributed by atoms with Gasteiger partial charge in [-0.3, -0.25) is 9.78 Å². The van der Waals surface area contributed by atoms with E-state index in [2.05, 4.69) is 32.4 Å². The average molecular weight is 446 g/mol. The van der Waals surface area contributed by atoms with Gasteiger partial charge < -0.3 is 14.6 Å². The molecule has 0 bridgehead atoms. The summed E-state index contributed by atoms with van der Waals surface area (Å²) in [6.45, 7) is 7.31. The molecule has 1 atom stereocenters. The number of benzene rings is 1. The summed E-state index contributed by atoms with van der Waals surface area (Å²) in [5.74, 6) is 0.730. The van der Waals surface area contributed by atoms with Crippen molar-refractivity contribution in [3.63, 3.8) is 0 Å². The van der Waals surface area contributed by atoms with Crippen LogP contribution in [0.3, 0.4) is 0 Å². The minimum atomic E-state index is -0.116. The highest BCUT2D eigenvalue weighted by Gasteiger charge is 2.18. The number of hydrogen-bond donors (Lipinski definition) is 1. The van der Waals surface area contributed by atoms with Gasteiger partial charge in [-0.2, -0.15) is 0 Å². The molecular weight excluding hydrogens is 418 g/mol. The van der Waals surface area contributed by atoms with Gasteiger partial charge in [-0.15, -0.1) is 11.3 Å². The number of carbonyl (C=O) groups excluding carboxylic acids is 1. The molecule has 3 aromatic heterocycles. The van der Waals surface area contributed by atoms with Gasteiger partial charge in [-0.25, -0.2) is 0 Å². The molecule has 0 aliphatic carbocycles. The Labute approximate surface area is 192 Å². The summed E-state index contributed by atoms with van der Waals surface area (Å²) in [5, 5.41) is 5.21. The van der Waals surface area contributed by atoms with Gasteiger partial charge in [0.2, 0.25) is 0 Å². The van der Waals surface area contributed by atoms with Crippen LogP contribution in [0.25, 0.3) is 0 Å².